The van der Waals surface area contributed by atoms with Gasteiger partial charge in [0.2, 0.25) is 0 Å². The van der Waals surface area contributed by atoms with Gasteiger partial charge in [0.25, 0.3) is 0 Å². The minimum absolute atomic E-state index is 0.519. The minimum Gasteiger partial charge on any atom is -0.456 e. The highest BCUT2D eigenvalue weighted by molar-refractivity contribution is 6.27. The van der Waals surface area contributed by atoms with Crippen LogP contribution in [0.2, 0.25) is 0 Å². The van der Waals surface area contributed by atoms with E-state index in [0.29, 0.717) is 0 Å². The van der Waals surface area contributed by atoms with Crippen molar-refractivity contribution in [2.75, 3.05) is 4.90 Å². The number of fused-ring (bicyclic) bond motifs is 19. The predicted octanol–water partition coefficient (Wildman–Crippen LogP) is 18.5. The maximum atomic E-state index is 7.59. The summed E-state index contributed by atoms with van der Waals surface area (Å²) in [7, 11) is 0. The Morgan fingerprint density at radius 1 is 0.296 bits per heavy atom. The SMILES string of the molecule is c1ccc(-c2ccccc2N(c2ccc3c(c2)C2(c4ccccc4-c4ccccc42)c2ccccc2-3)c2cccc3c2oc2c(-c4cccc5c4oc4ccccc45)c4c(cc23)oc2ccccc24)cc1. The monoisotopic (exact) mass is 905 g/mol. The van der Waals surface area contributed by atoms with E-state index in [9.17, 15) is 0 Å². The van der Waals surface area contributed by atoms with Gasteiger partial charge in [-0.2, -0.15) is 0 Å². The number of hydrogen-bond donors (Lipinski definition) is 0. The summed E-state index contributed by atoms with van der Waals surface area (Å²) in [5, 5.41) is 6.11. The molecule has 16 rings (SSSR count). The summed E-state index contributed by atoms with van der Waals surface area (Å²) in [6.07, 6.45) is 0. The van der Waals surface area contributed by atoms with Crippen molar-refractivity contribution in [2.45, 2.75) is 5.41 Å². The third-order valence-electron chi connectivity index (χ3n) is 15.5. The van der Waals surface area contributed by atoms with E-state index in [1.54, 1.807) is 0 Å². The van der Waals surface area contributed by atoms with Crippen LogP contribution in [0.5, 0.6) is 0 Å². The molecule has 2 aliphatic carbocycles. The third kappa shape index (κ3) is 5.12. The molecule has 0 radical (unpaired) electrons. The molecule has 0 atom stereocenters. The average Bonchev–Trinajstić information content (AvgIpc) is 4.24. The highest BCUT2D eigenvalue weighted by Gasteiger charge is 2.51. The Hall–Kier alpha value is -9.38. The van der Waals surface area contributed by atoms with Crippen molar-refractivity contribution in [2.24, 2.45) is 0 Å². The van der Waals surface area contributed by atoms with Crippen molar-refractivity contribution in [3.63, 3.8) is 0 Å². The van der Waals surface area contributed by atoms with E-state index in [2.05, 4.69) is 217 Å². The zero-order valence-corrected chi connectivity index (χ0v) is 38.2. The molecule has 3 aromatic heterocycles. The molecule has 14 aromatic rings. The van der Waals surface area contributed by atoms with Gasteiger partial charge in [-0.15, -0.1) is 0 Å². The Morgan fingerprint density at radius 3 is 1.56 bits per heavy atom. The number of furan rings is 3. The second kappa shape index (κ2) is 14.3. The lowest BCUT2D eigenvalue weighted by Gasteiger charge is -2.32. The first-order valence-electron chi connectivity index (χ1n) is 24.3. The van der Waals surface area contributed by atoms with Gasteiger partial charge in [0.1, 0.15) is 27.9 Å². The summed E-state index contributed by atoms with van der Waals surface area (Å²) in [5.41, 5.74) is 21.7. The third-order valence-corrected chi connectivity index (χ3v) is 15.5. The zero-order chi connectivity index (χ0) is 46.4. The van der Waals surface area contributed by atoms with Crippen molar-refractivity contribution >= 4 is 82.9 Å². The molecule has 2 aliphatic rings. The lowest BCUT2D eigenvalue weighted by atomic mass is 9.70. The molecule has 0 aliphatic heterocycles. The molecule has 330 valence electrons. The number of para-hydroxylation sites is 5. The minimum atomic E-state index is -0.519. The zero-order valence-electron chi connectivity index (χ0n) is 38.2. The Labute approximate surface area is 407 Å². The molecule has 0 amide bonds. The van der Waals surface area contributed by atoms with Gasteiger partial charge in [0.05, 0.1) is 16.8 Å². The number of benzene rings is 11. The largest absolute Gasteiger partial charge is 0.456 e. The van der Waals surface area contributed by atoms with Crippen LogP contribution in [-0.4, -0.2) is 0 Å². The molecule has 4 nitrogen and oxygen atoms in total. The fraction of sp³-hybridized carbons (Fsp3) is 0.0149. The van der Waals surface area contributed by atoms with Gasteiger partial charge in [0, 0.05) is 54.7 Å². The van der Waals surface area contributed by atoms with Crippen LogP contribution in [0.25, 0.3) is 110 Å². The van der Waals surface area contributed by atoms with Gasteiger partial charge >= 0.3 is 0 Å². The van der Waals surface area contributed by atoms with Crippen LogP contribution < -0.4 is 4.90 Å². The lowest BCUT2D eigenvalue weighted by molar-refractivity contribution is 0.663. The summed E-state index contributed by atoms with van der Waals surface area (Å²) in [5.74, 6) is 0. The average molecular weight is 906 g/mol. The summed E-state index contributed by atoms with van der Waals surface area (Å²) in [6.45, 7) is 0. The van der Waals surface area contributed by atoms with E-state index < -0.39 is 5.41 Å². The highest BCUT2D eigenvalue weighted by Crippen LogP contribution is 2.63. The first-order valence-corrected chi connectivity index (χ1v) is 24.3. The van der Waals surface area contributed by atoms with E-state index in [1.165, 1.54) is 44.5 Å². The fourth-order valence-corrected chi connectivity index (χ4v) is 12.7. The quantitative estimate of drug-likeness (QED) is 0.173. The fourth-order valence-electron chi connectivity index (χ4n) is 12.7. The van der Waals surface area contributed by atoms with Crippen LogP contribution in [0, 0.1) is 0 Å². The summed E-state index contributed by atoms with van der Waals surface area (Å²) >= 11 is 0. The Morgan fingerprint density at radius 2 is 0.831 bits per heavy atom. The van der Waals surface area contributed by atoms with E-state index in [1.807, 2.05) is 24.3 Å². The Bertz CT molecular complexity index is 4490. The summed E-state index contributed by atoms with van der Waals surface area (Å²) < 4.78 is 21.2. The van der Waals surface area contributed by atoms with Crippen LogP contribution in [0.15, 0.2) is 250 Å². The Balaban J connectivity index is 1.01. The highest BCUT2D eigenvalue weighted by atomic mass is 16.3. The van der Waals surface area contributed by atoms with E-state index in [-0.39, 0.29) is 0 Å². The summed E-state index contributed by atoms with van der Waals surface area (Å²) in [6, 6.07) is 85.4. The molecule has 0 unspecified atom stereocenters. The maximum absolute atomic E-state index is 7.59. The summed E-state index contributed by atoms with van der Waals surface area (Å²) in [4.78, 5) is 2.43. The van der Waals surface area contributed by atoms with Gasteiger partial charge in [-0.05, 0) is 92.5 Å². The van der Waals surface area contributed by atoms with Crippen molar-refractivity contribution in [1.29, 1.82) is 0 Å². The second-order valence-corrected chi connectivity index (χ2v) is 19.0. The van der Waals surface area contributed by atoms with Crippen LogP contribution >= 0.6 is 0 Å². The van der Waals surface area contributed by atoms with Crippen molar-refractivity contribution in [3.8, 4) is 44.5 Å². The van der Waals surface area contributed by atoms with Gasteiger partial charge in [-0.1, -0.05) is 194 Å². The molecule has 3 heterocycles. The molecule has 0 N–H and O–H groups in total. The van der Waals surface area contributed by atoms with Gasteiger partial charge in [-0.3, -0.25) is 0 Å². The molecule has 11 aromatic carbocycles. The van der Waals surface area contributed by atoms with Gasteiger partial charge < -0.3 is 18.2 Å². The van der Waals surface area contributed by atoms with Gasteiger partial charge in [-0.25, -0.2) is 0 Å². The number of hydrogen-bond acceptors (Lipinski definition) is 4. The molecule has 4 heteroatoms. The number of rotatable bonds is 5. The van der Waals surface area contributed by atoms with Gasteiger partial charge in [0.15, 0.2) is 5.58 Å². The van der Waals surface area contributed by atoms with E-state index in [4.69, 9.17) is 13.3 Å². The van der Waals surface area contributed by atoms with Crippen molar-refractivity contribution < 1.29 is 13.3 Å². The molecule has 0 saturated carbocycles. The molecule has 71 heavy (non-hydrogen) atoms. The standard InChI is InChI=1S/C67H39NO3/c1-2-18-40(19-3-1)42-20-7-13-32-57(42)68(41-36-37-46-45-23-6-12-31-55(45)67(56(46)38-41)53-29-10-4-21-43(53)44-22-5-11-30-54(44)67)58-33-17-27-49-52-39-61-62(50-25-9-15-35-60(50)69-61)63(66(52)71-65(49)58)51-28-16-26-48-47-24-8-14-34-59(47)70-64(48)51/h1-39H. The number of nitrogens with zero attached hydrogens (tertiary/aromatic N) is 1. The topological polar surface area (TPSA) is 42.7 Å². The molecule has 0 saturated heterocycles. The smallest absolute Gasteiger partial charge is 0.159 e. The van der Waals surface area contributed by atoms with Crippen molar-refractivity contribution in [1.82, 2.24) is 0 Å². The van der Waals surface area contributed by atoms with Crippen molar-refractivity contribution in [3.05, 3.63) is 259 Å². The van der Waals surface area contributed by atoms with Crippen LogP contribution in [0.3, 0.4) is 0 Å². The van der Waals surface area contributed by atoms with Crippen LogP contribution in [0.1, 0.15) is 22.3 Å². The maximum Gasteiger partial charge on any atom is 0.159 e. The van der Waals surface area contributed by atoms with E-state index in [0.717, 1.165) is 105 Å². The van der Waals surface area contributed by atoms with Crippen LogP contribution in [-0.2, 0) is 5.41 Å². The predicted molar refractivity (Wildman–Crippen MR) is 290 cm³/mol. The molecule has 1 spiro atoms. The first-order chi connectivity index (χ1) is 35.2. The molecule has 0 fully saturated rings. The van der Waals surface area contributed by atoms with Crippen LogP contribution in [0.4, 0.5) is 17.1 Å². The molecule has 0 bridgehead atoms. The normalized spacial score (nSPS) is 13.2. The first kappa shape index (κ1) is 38.6. The number of anilines is 3. The second-order valence-electron chi connectivity index (χ2n) is 19.0. The van der Waals surface area contributed by atoms with E-state index >= 15 is 0 Å². The molecular weight excluding hydrogens is 867 g/mol. The molecular formula is C67H39NO3. The lowest BCUT2D eigenvalue weighted by Crippen LogP contribution is -2.26. The Kier molecular flexibility index (Phi) is 7.79.